The van der Waals surface area contributed by atoms with Crippen molar-refractivity contribution in [1.29, 1.82) is 0 Å². The average Bonchev–Trinajstić information content (AvgIpc) is 3.45. The average molecular weight is 1200 g/mol. The second-order valence-electron chi connectivity index (χ2n) is 20.4. The number of thioether (sulfide) groups is 1. The summed E-state index contributed by atoms with van der Waals surface area (Å²) in [6.45, 7) is 9.42. The Hall–Kier alpha value is -7.64. The van der Waals surface area contributed by atoms with Crippen LogP contribution in [0.3, 0.4) is 0 Å². The van der Waals surface area contributed by atoms with Crippen LogP contribution in [0.5, 0.6) is 5.75 Å². The Labute approximate surface area is 484 Å². The Morgan fingerprint density at radius 3 is 1.53 bits per heavy atom. The van der Waals surface area contributed by atoms with Crippen molar-refractivity contribution >= 4 is 88.7 Å². The number of aliphatic carboxylic acids is 3. The molecule has 20 N–H and O–H groups in total. The van der Waals surface area contributed by atoms with Crippen molar-refractivity contribution in [2.75, 3.05) is 18.6 Å². The van der Waals surface area contributed by atoms with Crippen LogP contribution in [-0.2, 0) is 68.7 Å². The maximum atomic E-state index is 14.2. The summed E-state index contributed by atoms with van der Waals surface area (Å²) < 4.78 is 0. The molecule has 31 heteroatoms. The fourth-order valence-corrected chi connectivity index (χ4v) is 8.30. The van der Waals surface area contributed by atoms with E-state index in [9.17, 15) is 87.9 Å². The third kappa shape index (κ3) is 27.8. The molecule has 30 nitrogen and oxygen atoms in total. The van der Waals surface area contributed by atoms with Crippen molar-refractivity contribution in [3.63, 3.8) is 0 Å². The molecule has 0 bridgehead atoms. The number of hydrogen-bond donors (Lipinski definition) is 17. The van der Waals surface area contributed by atoms with E-state index in [4.69, 9.17) is 17.2 Å². The number of aliphatic hydroxyl groups is 1. The summed E-state index contributed by atoms with van der Waals surface area (Å²) in [6.07, 6.45) is -2.25. The number of phenols is 1. The number of hydrogen-bond acceptors (Lipinski definition) is 18. The van der Waals surface area contributed by atoms with Crippen molar-refractivity contribution in [3.05, 3.63) is 29.8 Å². The molecule has 0 saturated carbocycles. The van der Waals surface area contributed by atoms with E-state index < -0.39 is 169 Å². The molecule has 0 spiro atoms. The van der Waals surface area contributed by atoms with Crippen molar-refractivity contribution in [3.8, 4) is 5.75 Å². The lowest BCUT2D eigenvalue weighted by molar-refractivity contribution is -0.143. The molecule has 0 radical (unpaired) electrons. The van der Waals surface area contributed by atoms with Gasteiger partial charge in [-0.1, -0.05) is 46.2 Å². The zero-order valence-electron chi connectivity index (χ0n) is 47.7. The molecule has 0 saturated heterocycles. The van der Waals surface area contributed by atoms with Gasteiger partial charge in [-0.05, 0) is 100 Å². The van der Waals surface area contributed by atoms with Gasteiger partial charge >= 0.3 is 17.9 Å². The Balaban J connectivity index is 3.51. The highest BCUT2D eigenvalue weighted by atomic mass is 32.2. The smallest absolute Gasteiger partial charge is 0.326 e. The monoisotopic (exact) mass is 1200 g/mol. The summed E-state index contributed by atoms with van der Waals surface area (Å²) in [6, 6.07) is -10.4. The summed E-state index contributed by atoms with van der Waals surface area (Å²) in [5, 5.41) is 70.4. The summed E-state index contributed by atoms with van der Waals surface area (Å²) in [7, 11) is 0. The van der Waals surface area contributed by atoms with Gasteiger partial charge in [0.2, 0.25) is 59.1 Å². The van der Waals surface area contributed by atoms with E-state index in [-0.39, 0.29) is 55.6 Å². The lowest BCUT2D eigenvalue weighted by Crippen LogP contribution is -2.61. The first-order valence-corrected chi connectivity index (χ1v) is 28.3. The number of aromatic hydroxyl groups is 1. The molecule has 0 aliphatic carbocycles. The maximum Gasteiger partial charge on any atom is 0.326 e. The molecule has 1 aromatic carbocycles. The first-order chi connectivity index (χ1) is 38.8. The second-order valence-corrected chi connectivity index (χ2v) is 21.4. The fraction of sp³-hybridized carbons (Fsp3) is 0.635. The SMILES string of the molecule is CC[C@H](C)[C@H](N)C(=O)N[C@H](C(=O)N[C@@H](CC(C)C)C(=O)N[C@@H](CC(=O)O)C(=O)N[C@@H](CC(N)=O)C(=O)N[C@@H](C)C(=O)N[C@@H](Cc1ccc(O)cc1)C(=O)N[C@@H](CCSC)C(=O)N[C@@H](CCC(=O)O)C(=O)N[C@@H](CCCCN)C(=O)O)[C@@H](C)O. The van der Waals surface area contributed by atoms with E-state index in [1.165, 1.54) is 43.0 Å². The van der Waals surface area contributed by atoms with Crippen molar-refractivity contribution in [1.82, 2.24) is 47.9 Å². The second kappa shape index (κ2) is 37.5. The Morgan fingerprint density at radius 2 is 1.04 bits per heavy atom. The lowest BCUT2D eigenvalue weighted by Gasteiger charge is -2.28. The minimum absolute atomic E-state index is 0.0273. The molecule has 12 atom stereocenters. The molecule has 10 amide bonds. The standard InChI is InChI=1S/C52H84N12O18S/c1-8-26(4)41(55)50(79)64-42(28(6)65)51(80)63-34(21-25(2)3)47(76)62-37(24-40(70)71)49(78)61-36(23-38(54)67)46(75)56-27(5)43(72)60-35(22-29-12-14-30(66)15-13-29)48(77)58-32(18-20-83-7)45(74)57-31(16-17-39(68)69)44(73)59-33(52(81)82)11-9-10-19-53/h12-15,25-28,31-37,41-42,65-66H,8-11,16-24,53,55H2,1-7H3,(H2,54,67)(H,56,75)(H,57,74)(H,58,77)(H,59,73)(H,60,72)(H,61,78)(H,62,76)(H,63,80)(H,64,79)(H,68,69)(H,70,71)(H,81,82)/t26-,27-,28+,31-,32-,33-,34-,35-,36-,37-,41-,42-/m0/s1. The number of carbonyl (C=O) groups excluding carboxylic acids is 10. The molecule has 0 fully saturated rings. The minimum atomic E-state index is -1.99. The van der Waals surface area contributed by atoms with Gasteiger partial charge in [0.05, 0.1) is 25.0 Å². The molecule has 1 aromatic rings. The molecule has 0 heterocycles. The van der Waals surface area contributed by atoms with Crippen LogP contribution >= 0.6 is 11.8 Å². The van der Waals surface area contributed by atoms with E-state index >= 15 is 0 Å². The molecule has 83 heavy (non-hydrogen) atoms. The van der Waals surface area contributed by atoms with E-state index in [0.717, 1.165) is 6.92 Å². The van der Waals surface area contributed by atoms with Gasteiger partial charge in [0, 0.05) is 12.8 Å². The fourth-order valence-electron chi connectivity index (χ4n) is 7.83. The van der Waals surface area contributed by atoms with Gasteiger partial charge in [-0.2, -0.15) is 11.8 Å². The third-order valence-corrected chi connectivity index (χ3v) is 13.5. The largest absolute Gasteiger partial charge is 0.508 e. The quantitative estimate of drug-likeness (QED) is 0.0281. The number of aliphatic hydroxyl groups excluding tert-OH is 1. The number of amides is 10. The zero-order valence-corrected chi connectivity index (χ0v) is 48.5. The first-order valence-electron chi connectivity index (χ1n) is 26.9. The van der Waals surface area contributed by atoms with E-state index in [0.29, 0.717) is 24.8 Å². The zero-order chi connectivity index (χ0) is 63.3. The topological polar surface area (TPSA) is 509 Å². The van der Waals surface area contributed by atoms with Gasteiger partial charge in [0.1, 0.15) is 60.1 Å². The van der Waals surface area contributed by atoms with Crippen LogP contribution in [0, 0.1) is 11.8 Å². The first kappa shape index (κ1) is 73.4. The number of phenolic OH excluding ortho intramolecular Hbond substituents is 1. The van der Waals surface area contributed by atoms with Crippen molar-refractivity contribution in [2.24, 2.45) is 29.0 Å². The highest BCUT2D eigenvalue weighted by molar-refractivity contribution is 7.98. The number of primary amides is 1. The van der Waals surface area contributed by atoms with Crippen LogP contribution in [0.4, 0.5) is 0 Å². The Kier molecular flexibility index (Phi) is 33.1. The summed E-state index contributed by atoms with van der Waals surface area (Å²) in [5.41, 5.74) is 17.3. The van der Waals surface area contributed by atoms with E-state index in [1.807, 2.05) is 0 Å². The van der Waals surface area contributed by atoms with Crippen molar-refractivity contribution < 1.29 is 87.9 Å². The van der Waals surface area contributed by atoms with Crippen LogP contribution in [-0.4, -0.2) is 188 Å². The van der Waals surface area contributed by atoms with Crippen LogP contribution in [0.15, 0.2) is 24.3 Å². The molecule has 0 unspecified atom stereocenters. The van der Waals surface area contributed by atoms with E-state index in [1.54, 1.807) is 34.0 Å². The third-order valence-electron chi connectivity index (χ3n) is 12.9. The maximum absolute atomic E-state index is 14.2. The van der Waals surface area contributed by atoms with Crippen LogP contribution in [0.1, 0.15) is 111 Å². The predicted molar refractivity (Wildman–Crippen MR) is 300 cm³/mol. The van der Waals surface area contributed by atoms with Gasteiger partial charge in [0.15, 0.2) is 0 Å². The van der Waals surface area contributed by atoms with Gasteiger partial charge in [-0.3, -0.25) is 57.5 Å². The lowest BCUT2D eigenvalue weighted by atomic mass is 9.98. The normalized spacial score (nSPS) is 15.5. The minimum Gasteiger partial charge on any atom is -0.508 e. The molecule has 466 valence electrons. The van der Waals surface area contributed by atoms with Gasteiger partial charge < -0.3 is 90.6 Å². The van der Waals surface area contributed by atoms with Crippen molar-refractivity contribution in [2.45, 2.75) is 179 Å². The van der Waals surface area contributed by atoms with Crippen LogP contribution < -0.4 is 65.1 Å². The highest BCUT2D eigenvalue weighted by Crippen LogP contribution is 2.14. The van der Waals surface area contributed by atoms with Gasteiger partial charge in [-0.25, -0.2) is 4.79 Å². The highest BCUT2D eigenvalue weighted by Gasteiger charge is 2.37. The molecular weight excluding hydrogens is 1110 g/mol. The molecule has 0 aliphatic heterocycles. The number of carboxylic acids is 3. The van der Waals surface area contributed by atoms with Gasteiger partial charge in [-0.15, -0.1) is 0 Å². The number of rotatable bonds is 40. The van der Waals surface area contributed by atoms with Crippen LogP contribution in [0.2, 0.25) is 0 Å². The number of nitrogens with one attached hydrogen (secondary N) is 9. The predicted octanol–water partition coefficient (Wildman–Crippen LogP) is -3.70. The number of carbonyl (C=O) groups is 13. The van der Waals surface area contributed by atoms with Crippen LogP contribution in [0.25, 0.3) is 0 Å². The summed E-state index contributed by atoms with van der Waals surface area (Å²) >= 11 is 1.26. The molecule has 1 rings (SSSR count). The molecule has 0 aromatic heterocycles. The number of unbranched alkanes of at least 4 members (excludes halogenated alkanes) is 1. The number of nitrogens with two attached hydrogens (primary N) is 3. The van der Waals surface area contributed by atoms with E-state index in [2.05, 4.69) is 47.9 Å². The van der Waals surface area contributed by atoms with Gasteiger partial charge in [0.25, 0.3) is 0 Å². The number of benzene rings is 1. The summed E-state index contributed by atoms with van der Waals surface area (Å²) in [4.78, 5) is 171. The number of carboxylic acid groups (broad SMARTS) is 3. The molecule has 0 aliphatic rings. The summed E-state index contributed by atoms with van der Waals surface area (Å²) in [5.74, 6) is -15.6. The molecular formula is C52H84N12O18S. The Bertz CT molecular complexity index is 2400. The Morgan fingerprint density at radius 1 is 0.554 bits per heavy atom.